The van der Waals surface area contributed by atoms with Crippen LogP contribution in [-0.2, 0) is 0 Å². The molecule has 0 amide bonds. The first kappa shape index (κ1) is 8.89. The molecule has 15 heavy (non-hydrogen) atoms. The second kappa shape index (κ2) is 2.81. The van der Waals surface area contributed by atoms with Gasteiger partial charge in [-0.25, -0.2) is 0 Å². The van der Waals surface area contributed by atoms with Crippen molar-refractivity contribution < 1.29 is 5.11 Å². The second-order valence-electron chi connectivity index (χ2n) is 4.66. The lowest BCUT2D eigenvalue weighted by Gasteiger charge is -2.53. The molecule has 1 fully saturated rings. The van der Waals surface area contributed by atoms with Crippen LogP contribution in [0.5, 0.6) is 5.75 Å². The number of likely N-dealkylation sites (N-methyl/N-ethyl adjacent to an activating group) is 1. The normalized spacial score (nSPS) is 21.8. The highest BCUT2D eigenvalue weighted by molar-refractivity contribution is 5.79. The van der Waals surface area contributed by atoms with Gasteiger partial charge in [0, 0.05) is 13.6 Å². The molecule has 80 valence electrons. The van der Waals surface area contributed by atoms with Crippen LogP contribution in [0.25, 0.3) is 0 Å². The van der Waals surface area contributed by atoms with E-state index in [1.165, 1.54) is 19.3 Å². The third kappa shape index (κ3) is 1.06. The van der Waals surface area contributed by atoms with Gasteiger partial charge in [0.05, 0.1) is 11.2 Å². The third-order valence-electron chi connectivity index (χ3n) is 3.97. The first-order valence-electron chi connectivity index (χ1n) is 5.53. The van der Waals surface area contributed by atoms with Crippen molar-refractivity contribution in [3.8, 4) is 5.75 Å². The summed E-state index contributed by atoms with van der Waals surface area (Å²) in [5, 5.41) is 13.1. The van der Waals surface area contributed by atoms with E-state index in [1.807, 2.05) is 6.07 Å². The summed E-state index contributed by atoms with van der Waals surface area (Å²) < 4.78 is 0. The molecule has 1 spiro atoms. The molecule has 1 heterocycles. The fourth-order valence-corrected chi connectivity index (χ4v) is 2.71. The highest BCUT2D eigenvalue weighted by Crippen LogP contribution is 2.47. The fraction of sp³-hybridized carbons (Fsp3) is 0.500. The van der Waals surface area contributed by atoms with Crippen molar-refractivity contribution in [3.63, 3.8) is 0 Å². The van der Waals surface area contributed by atoms with E-state index in [1.54, 1.807) is 6.07 Å². The van der Waals surface area contributed by atoms with Crippen LogP contribution < -0.4 is 10.2 Å². The average Bonchev–Trinajstić information content (AvgIpc) is 2.17. The molecular weight excluding hydrogens is 188 g/mol. The predicted octanol–water partition coefficient (Wildman–Crippen LogP) is 2.18. The summed E-state index contributed by atoms with van der Waals surface area (Å²) in [5.41, 5.74) is 2.32. The zero-order valence-electron chi connectivity index (χ0n) is 8.95. The Balaban J connectivity index is 2.06. The molecule has 3 nitrogen and oxygen atoms in total. The summed E-state index contributed by atoms with van der Waals surface area (Å²) in [6.45, 7) is 0.952. The van der Waals surface area contributed by atoms with Crippen molar-refractivity contribution in [2.45, 2.75) is 24.8 Å². The van der Waals surface area contributed by atoms with Gasteiger partial charge in [-0.15, -0.1) is 0 Å². The summed E-state index contributed by atoms with van der Waals surface area (Å²) >= 11 is 0. The van der Waals surface area contributed by atoms with Crippen molar-refractivity contribution in [1.82, 2.24) is 0 Å². The molecule has 2 N–H and O–H groups in total. The number of anilines is 2. The minimum absolute atomic E-state index is 0.306. The molecule has 0 atom stereocenters. The van der Waals surface area contributed by atoms with Gasteiger partial charge in [0.2, 0.25) is 0 Å². The van der Waals surface area contributed by atoms with Crippen LogP contribution in [0.15, 0.2) is 18.2 Å². The molecule has 1 aliphatic heterocycles. The zero-order valence-corrected chi connectivity index (χ0v) is 8.95. The largest absolute Gasteiger partial charge is 0.506 e. The van der Waals surface area contributed by atoms with Crippen LogP contribution in [0, 0.1) is 0 Å². The van der Waals surface area contributed by atoms with Crippen molar-refractivity contribution in [2.24, 2.45) is 0 Å². The van der Waals surface area contributed by atoms with Crippen molar-refractivity contribution in [1.29, 1.82) is 0 Å². The first-order valence-corrected chi connectivity index (χ1v) is 5.53. The SMILES string of the molecule is CN1c2cccc(O)c2NCC12CCC2. The molecule has 1 saturated carbocycles. The van der Waals surface area contributed by atoms with Crippen LogP contribution in [0.4, 0.5) is 11.4 Å². The number of phenolic OH excluding ortho intramolecular Hbond substituents is 1. The van der Waals surface area contributed by atoms with E-state index in [-0.39, 0.29) is 0 Å². The van der Waals surface area contributed by atoms with Gasteiger partial charge in [-0.1, -0.05) is 6.07 Å². The number of hydrogen-bond acceptors (Lipinski definition) is 3. The molecule has 0 aromatic heterocycles. The molecule has 3 rings (SSSR count). The maximum Gasteiger partial charge on any atom is 0.140 e. The molecule has 1 aromatic rings. The van der Waals surface area contributed by atoms with Gasteiger partial charge in [0.25, 0.3) is 0 Å². The van der Waals surface area contributed by atoms with E-state index in [4.69, 9.17) is 0 Å². The van der Waals surface area contributed by atoms with Crippen LogP contribution in [-0.4, -0.2) is 24.2 Å². The van der Waals surface area contributed by atoms with Gasteiger partial charge < -0.3 is 15.3 Å². The smallest absolute Gasteiger partial charge is 0.140 e. The first-order chi connectivity index (χ1) is 7.23. The Morgan fingerprint density at radius 2 is 2.20 bits per heavy atom. The number of hydrogen-bond donors (Lipinski definition) is 2. The van der Waals surface area contributed by atoms with Crippen LogP contribution in [0.1, 0.15) is 19.3 Å². The third-order valence-corrected chi connectivity index (χ3v) is 3.97. The van der Waals surface area contributed by atoms with Gasteiger partial charge in [-0.3, -0.25) is 0 Å². The summed E-state index contributed by atoms with van der Waals surface area (Å²) in [7, 11) is 2.14. The van der Waals surface area contributed by atoms with Crippen molar-refractivity contribution >= 4 is 11.4 Å². The maximum absolute atomic E-state index is 9.75. The Morgan fingerprint density at radius 3 is 2.87 bits per heavy atom. The second-order valence-corrected chi connectivity index (χ2v) is 4.66. The van der Waals surface area contributed by atoms with E-state index in [0.717, 1.165) is 17.9 Å². The van der Waals surface area contributed by atoms with E-state index < -0.39 is 0 Å². The number of fused-ring (bicyclic) bond motifs is 1. The minimum Gasteiger partial charge on any atom is -0.506 e. The Kier molecular flexibility index (Phi) is 1.67. The highest BCUT2D eigenvalue weighted by Gasteiger charge is 2.44. The summed E-state index contributed by atoms with van der Waals surface area (Å²) in [6.07, 6.45) is 3.83. The van der Waals surface area contributed by atoms with Crippen LogP contribution in [0.3, 0.4) is 0 Å². The zero-order chi connectivity index (χ0) is 10.5. The van der Waals surface area contributed by atoms with E-state index in [0.29, 0.717) is 11.3 Å². The highest BCUT2D eigenvalue weighted by atomic mass is 16.3. The number of nitrogens with zero attached hydrogens (tertiary/aromatic N) is 1. The fourth-order valence-electron chi connectivity index (χ4n) is 2.71. The van der Waals surface area contributed by atoms with Gasteiger partial charge in [-0.2, -0.15) is 0 Å². The predicted molar refractivity (Wildman–Crippen MR) is 61.6 cm³/mol. The molecule has 3 heteroatoms. The van der Waals surface area contributed by atoms with Crippen LogP contribution >= 0.6 is 0 Å². The quantitative estimate of drug-likeness (QED) is 0.636. The van der Waals surface area contributed by atoms with E-state index in [2.05, 4.69) is 23.3 Å². The van der Waals surface area contributed by atoms with Gasteiger partial charge in [0.15, 0.2) is 0 Å². The molecule has 1 aromatic carbocycles. The lowest BCUT2D eigenvalue weighted by molar-refractivity contribution is 0.248. The molecule has 1 aliphatic carbocycles. The lowest BCUT2D eigenvalue weighted by Crippen LogP contribution is -2.59. The molecule has 2 aliphatic rings. The molecule has 0 bridgehead atoms. The molecular formula is C12H16N2O. The molecule has 0 saturated heterocycles. The monoisotopic (exact) mass is 204 g/mol. The van der Waals surface area contributed by atoms with Gasteiger partial charge >= 0.3 is 0 Å². The Bertz CT molecular complexity index is 399. The van der Waals surface area contributed by atoms with E-state index in [9.17, 15) is 5.11 Å². The number of phenols is 1. The number of para-hydroxylation sites is 1. The number of nitrogens with one attached hydrogen (secondary N) is 1. The van der Waals surface area contributed by atoms with Crippen molar-refractivity contribution in [3.05, 3.63) is 18.2 Å². The number of aromatic hydroxyl groups is 1. The van der Waals surface area contributed by atoms with Crippen LogP contribution in [0.2, 0.25) is 0 Å². The lowest BCUT2D eigenvalue weighted by atomic mass is 9.74. The molecule has 0 radical (unpaired) electrons. The van der Waals surface area contributed by atoms with Crippen molar-refractivity contribution in [2.75, 3.05) is 23.8 Å². The Morgan fingerprint density at radius 1 is 1.40 bits per heavy atom. The summed E-state index contributed by atoms with van der Waals surface area (Å²) in [5.74, 6) is 0.355. The topological polar surface area (TPSA) is 35.5 Å². The minimum atomic E-state index is 0.306. The standard InChI is InChI=1S/C12H16N2O/c1-14-9-4-2-5-10(15)11(9)13-8-12(14)6-3-7-12/h2,4-5,13,15H,3,6-8H2,1H3. The maximum atomic E-state index is 9.75. The van der Waals surface area contributed by atoms with Gasteiger partial charge in [-0.05, 0) is 31.4 Å². The number of rotatable bonds is 0. The Labute approximate surface area is 89.7 Å². The summed E-state index contributed by atoms with van der Waals surface area (Å²) in [4.78, 5) is 2.34. The Hall–Kier alpha value is -1.38. The van der Waals surface area contributed by atoms with E-state index >= 15 is 0 Å². The summed E-state index contributed by atoms with van der Waals surface area (Å²) in [6, 6.07) is 5.71. The average molecular weight is 204 g/mol. The number of benzene rings is 1. The van der Waals surface area contributed by atoms with Gasteiger partial charge in [0.1, 0.15) is 11.4 Å². The molecule has 0 unspecified atom stereocenters.